The van der Waals surface area contributed by atoms with E-state index < -0.39 is 27.8 Å². The quantitative estimate of drug-likeness (QED) is 0.361. The number of carbonyl (C=O) groups excluding carboxylic acids is 1. The molecule has 35 heavy (non-hydrogen) atoms. The zero-order valence-corrected chi connectivity index (χ0v) is 20.3. The molecule has 1 atom stereocenters. The van der Waals surface area contributed by atoms with Crippen LogP contribution in [0.25, 0.3) is 0 Å². The Morgan fingerprint density at radius 3 is 2.54 bits per heavy atom. The molecule has 0 saturated carbocycles. The van der Waals surface area contributed by atoms with Gasteiger partial charge in [0.05, 0.1) is 16.5 Å². The van der Waals surface area contributed by atoms with Crippen LogP contribution in [-0.4, -0.2) is 31.1 Å². The first-order valence-electron chi connectivity index (χ1n) is 11.1. The summed E-state index contributed by atoms with van der Waals surface area (Å²) in [6.07, 6.45) is -2.60. The van der Waals surface area contributed by atoms with Crippen molar-refractivity contribution in [3.8, 4) is 5.75 Å². The Hall–Kier alpha value is -2.69. The summed E-state index contributed by atoms with van der Waals surface area (Å²) in [4.78, 5) is 13.1. The largest absolute Gasteiger partial charge is 0.489 e. The lowest BCUT2D eigenvalue weighted by atomic mass is 10.0. The SMILES string of the molecule is O=C(CCc1cccc(OCc2ccc(C(F)(F)F)cc2)c1)[C@@H]1CCCN1S(=O)(=O)c1ccsc1. The maximum atomic E-state index is 12.9. The molecule has 0 spiro atoms. The van der Waals surface area contributed by atoms with E-state index in [1.54, 1.807) is 35.0 Å². The summed E-state index contributed by atoms with van der Waals surface area (Å²) in [5, 5.41) is 3.28. The summed E-state index contributed by atoms with van der Waals surface area (Å²) >= 11 is 1.30. The molecule has 2 heterocycles. The highest BCUT2D eigenvalue weighted by Crippen LogP contribution is 2.30. The van der Waals surface area contributed by atoms with Crippen molar-refractivity contribution in [2.45, 2.75) is 49.4 Å². The maximum absolute atomic E-state index is 12.9. The molecule has 1 aliphatic heterocycles. The summed E-state index contributed by atoms with van der Waals surface area (Å²) in [7, 11) is -3.68. The lowest BCUT2D eigenvalue weighted by molar-refractivity contribution is -0.137. The average molecular weight is 524 g/mol. The van der Waals surface area contributed by atoms with Gasteiger partial charge in [-0.05, 0) is 66.1 Å². The maximum Gasteiger partial charge on any atom is 0.416 e. The fraction of sp³-hybridized carbons (Fsp3) is 0.320. The zero-order valence-electron chi connectivity index (χ0n) is 18.7. The van der Waals surface area contributed by atoms with Crippen LogP contribution in [0.3, 0.4) is 0 Å². The van der Waals surface area contributed by atoms with Gasteiger partial charge < -0.3 is 4.74 Å². The molecule has 10 heteroatoms. The van der Waals surface area contributed by atoms with Gasteiger partial charge in [-0.3, -0.25) is 4.79 Å². The summed E-state index contributed by atoms with van der Waals surface area (Å²) in [6, 6.07) is 12.9. The Balaban J connectivity index is 1.33. The van der Waals surface area contributed by atoms with Gasteiger partial charge in [0.25, 0.3) is 0 Å². The minimum Gasteiger partial charge on any atom is -0.489 e. The molecule has 1 fully saturated rings. The molecule has 0 amide bonds. The van der Waals surface area contributed by atoms with Crippen molar-refractivity contribution in [3.63, 3.8) is 0 Å². The van der Waals surface area contributed by atoms with Gasteiger partial charge in [0.2, 0.25) is 10.0 Å². The molecule has 1 saturated heterocycles. The average Bonchev–Trinajstić information content (AvgIpc) is 3.54. The molecule has 0 N–H and O–H groups in total. The first kappa shape index (κ1) is 25.4. The van der Waals surface area contributed by atoms with E-state index in [2.05, 4.69) is 0 Å². The topological polar surface area (TPSA) is 63.7 Å². The lowest BCUT2D eigenvalue weighted by Gasteiger charge is -2.22. The highest BCUT2D eigenvalue weighted by molar-refractivity contribution is 7.89. The van der Waals surface area contributed by atoms with Gasteiger partial charge >= 0.3 is 6.18 Å². The number of nitrogens with zero attached hydrogens (tertiary/aromatic N) is 1. The van der Waals surface area contributed by atoms with Crippen LogP contribution < -0.4 is 4.74 Å². The number of sulfonamides is 1. The molecule has 3 aromatic rings. The number of alkyl halides is 3. The molecule has 0 unspecified atom stereocenters. The van der Waals surface area contributed by atoms with Crippen molar-refractivity contribution < 1.29 is 31.1 Å². The van der Waals surface area contributed by atoms with Crippen molar-refractivity contribution in [2.24, 2.45) is 0 Å². The van der Waals surface area contributed by atoms with E-state index in [9.17, 15) is 26.4 Å². The Morgan fingerprint density at radius 2 is 1.86 bits per heavy atom. The van der Waals surface area contributed by atoms with E-state index >= 15 is 0 Å². The second-order valence-electron chi connectivity index (χ2n) is 8.33. The summed E-state index contributed by atoms with van der Waals surface area (Å²) in [5.41, 5.74) is 0.747. The van der Waals surface area contributed by atoms with Gasteiger partial charge in [0.15, 0.2) is 5.78 Å². The van der Waals surface area contributed by atoms with Crippen LogP contribution in [0.2, 0.25) is 0 Å². The van der Waals surface area contributed by atoms with Crippen molar-refractivity contribution in [2.75, 3.05) is 6.54 Å². The van der Waals surface area contributed by atoms with Crippen LogP contribution >= 0.6 is 11.3 Å². The standard InChI is InChI=1S/C25H24F3NO4S2/c26-25(27,28)20-9-6-19(7-10-20)16-33-21-4-1-3-18(15-21)8-11-24(30)23-5-2-13-29(23)35(31,32)22-12-14-34-17-22/h1,3-4,6-7,9-10,12,14-15,17,23H,2,5,8,11,13,16H2/t23-/m0/s1. The van der Waals surface area contributed by atoms with E-state index in [0.717, 1.165) is 17.7 Å². The molecule has 4 rings (SSSR count). The van der Waals surface area contributed by atoms with Crippen LogP contribution in [0.5, 0.6) is 5.75 Å². The number of aryl methyl sites for hydroxylation is 1. The Morgan fingerprint density at radius 1 is 1.09 bits per heavy atom. The molecule has 0 radical (unpaired) electrons. The number of thiophene rings is 1. The molecular weight excluding hydrogens is 499 g/mol. The Bertz CT molecular complexity index is 1260. The first-order valence-corrected chi connectivity index (χ1v) is 13.5. The number of rotatable bonds is 9. The number of Topliss-reactive ketones (excluding diaryl/α,β-unsaturated/α-hetero) is 1. The zero-order chi connectivity index (χ0) is 25.1. The smallest absolute Gasteiger partial charge is 0.416 e. The van der Waals surface area contributed by atoms with E-state index in [1.807, 2.05) is 6.07 Å². The number of benzene rings is 2. The van der Waals surface area contributed by atoms with E-state index in [1.165, 1.54) is 27.8 Å². The van der Waals surface area contributed by atoms with Gasteiger partial charge in [-0.25, -0.2) is 8.42 Å². The number of ether oxygens (including phenoxy) is 1. The predicted molar refractivity (Wildman–Crippen MR) is 127 cm³/mol. The Labute approximate surface area is 206 Å². The number of hydrogen-bond donors (Lipinski definition) is 0. The normalized spacial score (nSPS) is 16.9. The fourth-order valence-corrected chi connectivity index (χ4v) is 6.76. The number of hydrogen-bond acceptors (Lipinski definition) is 5. The third-order valence-corrected chi connectivity index (χ3v) is 8.66. The second-order valence-corrected chi connectivity index (χ2v) is 11.0. The highest BCUT2D eigenvalue weighted by Gasteiger charge is 2.39. The molecule has 5 nitrogen and oxygen atoms in total. The van der Waals surface area contributed by atoms with Crippen LogP contribution in [-0.2, 0) is 34.0 Å². The first-order chi connectivity index (χ1) is 16.6. The molecule has 1 aromatic heterocycles. The monoisotopic (exact) mass is 523 g/mol. The summed E-state index contributed by atoms with van der Waals surface area (Å²) < 4.78 is 70.9. The third kappa shape index (κ3) is 6.12. The Kier molecular flexibility index (Phi) is 7.63. The summed E-state index contributed by atoms with van der Waals surface area (Å²) in [6.45, 7) is 0.444. The molecule has 0 aliphatic carbocycles. The molecule has 186 valence electrons. The number of ketones is 1. The molecule has 1 aliphatic rings. The third-order valence-electron chi connectivity index (χ3n) is 5.92. The van der Waals surface area contributed by atoms with Crippen molar-refractivity contribution in [3.05, 3.63) is 82.0 Å². The number of carbonyl (C=O) groups is 1. The lowest BCUT2D eigenvalue weighted by Crippen LogP contribution is -2.40. The fourth-order valence-electron chi connectivity index (χ4n) is 4.07. The second kappa shape index (κ2) is 10.5. The van der Waals surface area contributed by atoms with E-state index in [0.29, 0.717) is 37.1 Å². The minimum absolute atomic E-state index is 0.109. The molecule has 2 aromatic carbocycles. The highest BCUT2D eigenvalue weighted by atomic mass is 32.2. The predicted octanol–water partition coefficient (Wildman–Crippen LogP) is 5.70. The minimum atomic E-state index is -4.38. The summed E-state index contributed by atoms with van der Waals surface area (Å²) in [5.74, 6) is 0.426. The van der Waals surface area contributed by atoms with Gasteiger partial charge in [-0.15, -0.1) is 0 Å². The molecular formula is C25H24F3NO4S2. The number of halogens is 3. The van der Waals surface area contributed by atoms with Crippen molar-refractivity contribution in [1.29, 1.82) is 0 Å². The molecule has 0 bridgehead atoms. The van der Waals surface area contributed by atoms with Gasteiger partial charge in [0.1, 0.15) is 12.4 Å². The van der Waals surface area contributed by atoms with E-state index in [-0.39, 0.29) is 23.7 Å². The van der Waals surface area contributed by atoms with Crippen molar-refractivity contribution >= 4 is 27.1 Å². The van der Waals surface area contributed by atoms with E-state index in [4.69, 9.17) is 4.74 Å². The van der Waals surface area contributed by atoms with Crippen LogP contribution in [0.15, 0.2) is 70.3 Å². The van der Waals surface area contributed by atoms with Crippen LogP contribution in [0, 0.1) is 0 Å². The van der Waals surface area contributed by atoms with Crippen LogP contribution in [0.4, 0.5) is 13.2 Å². The van der Waals surface area contributed by atoms with Crippen LogP contribution in [0.1, 0.15) is 36.0 Å². The van der Waals surface area contributed by atoms with Gasteiger partial charge in [0, 0.05) is 18.3 Å². The van der Waals surface area contributed by atoms with Gasteiger partial charge in [-0.2, -0.15) is 28.8 Å². The van der Waals surface area contributed by atoms with Crippen molar-refractivity contribution in [1.82, 2.24) is 4.31 Å². The van der Waals surface area contributed by atoms with Gasteiger partial charge in [-0.1, -0.05) is 24.3 Å².